The molecule has 2 bridgehead atoms. The van der Waals surface area contributed by atoms with E-state index in [9.17, 15) is 9.59 Å². The lowest BCUT2D eigenvalue weighted by Crippen LogP contribution is -2.48. The third-order valence-corrected chi connectivity index (χ3v) is 4.68. The highest BCUT2D eigenvalue weighted by molar-refractivity contribution is 6.02. The molecule has 0 spiro atoms. The van der Waals surface area contributed by atoms with Gasteiger partial charge >= 0.3 is 6.03 Å². The number of hydrogen-bond donors (Lipinski definition) is 1. The molecule has 0 saturated carbocycles. The molecule has 2 atom stereocenters. The highest BCUT2D eigenvalue weighted by Gasteiger charge is 2.44. The number of urea groups is 1. The van der Waals surface area contributed by atoms with Crippen molar-refractivity contribution < 1.29 is 14.3 Å². The molecule has 2 aromatic rings. The Morgan fingerprint density at radius 3 is 2.64 bits per heavy atom. The maximum Gasteiger partial charge on any atom is 0.322 e. The fraction of sp³-hybridized carbons (Fsp3) is 0.263. The van der Waals surface area contributed by atoms with Crippen molar-refractivity contribution in [2.75, 3.05) is 23.8 Å². The summed E-state index contributed by atoms with van der Waals surface area (Å²) in [5, 5.41) is 2.85. The van der Waals surface area contributed by atoms with Crippen LogP contribution in [0.1, 0.15) is 6.42 Å². The topological polar surface area (TPSA) is 61.9 Å². The normalized spacial score (nSPS) is 21.9. The Kier molecular flexibility index (Phi) is 3.80. The van der Waals surface area contributed by atoms with Crippen molar-refractivity contribution in [2.24, 2.45) is 0 Å². The highest BCUT2D eigenvalue weighted by atomic mass is 16.5. The SMILES string of the molecule is CN1C(=O)[C@@H]2C[C@@H](CN2C(=O)Nc2ccccc2)Oc2ccccc21. The van der Waals surface area contributed by atoms with Crippen LogP contribution >= 0.6 is 0 Å². The lowest BCUT2D eigenvalue weighted by molar-refractivity contribution is -0.121. The van der Waals surface area contributed by atoms with Crippen molar-refractivity contribution >= 4 is 23.3 Å². The smallest absolute Gasteiger partial charge is 0.322 e. The number of rotatable bonds is 1. The van der Waals surface area contributed by atoms with E-state index in [0.717, 1.165) is 5.69 Å². The number of para-hydroxylation sites is 3. The molecule has 0 radical (unpaired) electrons. The number of likely N-dealkylation sites (tertiary alicyclic amines) is 1. The molecule has 3 amide bonds. The van der Waals surface area contributed by atoms with E-state index >= 15 is 0 Å². The third kappa shape index (κ3) is 2.80. The molecule has 2 aliphatic heterocycles. The summed E-state index contributed by atoms with van der Waals surface area (Å²) in [4.78, 5) is 28.8. The van der Waals surface area contributed by atoms with Gasteiger partial charge in [0.1, 0.15) is 17.9 Å². The van der Waals surface area contributed by atoms with Crippen LogP contribution in [0.25, 0.3) is 0 Å². The fourth-order valence-electron chi connectivity index (χ4n) is 3.41. The number of fused-ring (bicyclic) bond motifs is 3. The first kappa shape index (κ1) is 15.5. The lowest BCUT2D eigenvalue weighted by Gasteiger charge is -2.29. The van der Waals surface area contributed by atoms with Gasteiger partial charge in [0.15, 0.2) is 0 Å². The van der Waals surface area contributed by atoms with Crippen LogP contribution in [0.4, 0.5) is 16.2 Å². The highest BCUT2D eigenvalue weighted by Crippen LogP contribution is 2.35. The summed E-state index contributed by atoms with van der Waals surface area (Å²) >= 11 is 0. The Morgan fingerprint density at radius 2 is 1.84 bits per heavy atom. The van der Waals surface area contributed by atoms with Gasteiger partial charge in [-0.3, -0.25) is 4.79 Å². The first-order valence-electron chi connectivity index (χ1n) is 8.29. The number of amides is 3. The average Bonchev–Trinajstić information content (AvgIpc) is 3.06. The van der Waals surface area contributed by atoms with Crippen LogP contribution in [0.15, 0.2) is 54.6 Å². The minimum Gasteiger partial charge on any atom is -0.486 e. The molecule has 0 aliphatic carbocycles. The van der Waals surface area contributed by atoms with Crippen molar-refractivity contribution in [2.45, 2.75) is 18.6 Å². The Balaban J connectivity index is 1.60. The van der Waals surface area contributed by atoms with Crippen LogP contribution in [0.3, 0.4) is 0 Å². The Hall–Kier alpha value is -3.02. The van der Waals surface area contributed by atoms with Gasteiger partial charge < -0.3 is 19.9 Å². The third-order valence-electron chi connectivity index (χ3n) is 4.68. The van der Waals surface area contributed by atoms with Crippen molar-refractivity contribution in [3.8, 4) is 5.75 Å². The summed E-state index contributed by atoms with van der Waals surface area (Å²) in [7, 11) is 1.72. The van der Waals surface area contributed by atoms with E-state index in [4.69, 9.17) is 4.74 Å². The van der Waals surface area contributed by atoms with Gasteiger partial charge in [-0.05, 0) is 24.3 Å². The number of carbonyl (C=O) groups excluding carboxylic acids is 2. The van der Waals surface area contributed by atoms with Gasteiger partial charge in [0.05, 0.1) is 12.2 Å². The molecule has 25 heavy (non-hydrogen) atoms. The molecular weight excluding hydrogens is 318 g/mol. The number of ether oxygens (including phenoxy) is 1. The van der Waals surface area contributed by atoms with Crippen LogP contribution < -0.4 is 15.0 Å². The molecule has 2 aromatic carbocycles. The van der Waals surface area contributed by atoms with E-state index in [1.807, 2.05) is 54.6 Å². The quantitative estimate of drug-likeness (QED) is 0.870. The standard InChI is InChI=1S/C19H19N3O3/c1-21-15-9-5-6-10-17(15)25-14-11-16(18(21)23)22(12-14)19(24)20-13-7-3-2-4-8-13/h2-10,14,16H,11-12H2,1H3,(H,20,24)/t14-,16-/m0/s1. The molecule has 0 aromatic heterocycles. The number of hydrogen-bond acceptors (Lipinski definition) is 3. The summed E-state index contributed by atoms with van der Waals surface area (Å²) in [6.07, 6.45) is 0.310. The van der Waals surface area contributed by atoms with Gasteiger partial charge in [-0.1, -0.05) is 30.3 Å². The minimum absolute atomic E-state index is 0.0959. The first-order valence-corrected chi connectivity index (χ1v) is 8.29. The number of nitrogens with one attached hydrogen (secondary N) is 1. The molecule has 1 fully saturated rings. The van der Waals surface area contributed by atoms with E-state index in [-0.39, 0.29) is 18.0 Å². The summed E-state index contributed by atoms with van der Waals surface area (Å²) in [5.41, 5.74) is 1.43. The summed E-state index contributed by atoms with van der Waals surface area (Å²) in [6, 6.07) is 15.9. The van der Waals surface area contributed by atoms with Crippen molar-refractivity contribution in [1.29, 1.82) is 0 Å². The Bertz CT molecular complexity index is 809. The summed E-state index contributed by atoms with van der Waals surface area (Å²) in [6.45, 7) is 0.386. The molecule has 2 aliphatic rings. The van der Waals surface area contributed by atoms with E-state index in [0.29, 0.717) is 24.4 Å². The van der Waals surface area contributed by atoms with E-state index in [2.05, 4.69) is 5.32 Å². The van der Waals surface area contributed by atoms with E-state index < -0.39 is 6.04 Å². The zero-order chi connectivity index (χ0) is 17.4. The van der Waals surface area contributed by atoms with Crippen molar-refractivity contribution in [3.63, 3.8) is 0 Å². The van der Waals surface area contributed by atoms with Gasteiger partial charge in [0.2, 0.25) is 5.91 Å². The second-order valence-corrected chi connectivity index (χ2v) is 6.30. The zero-order valence-corrected chi connectivity index (χ0v) is 13.9. The van der Waals surface area contributed by atoms with Gasteiger partial charge in [0, 0.05) is 19.2 Å². The van der Waals surface area contributed by atoms with Crippen LogP contribution in [-0.4, -0.2) is 42.6 Å². The predicted molar refractivity (Wildman–Crippen MR) is 94.8 cm³/mol. The van der Waals surface area contributed by atoms with E-state index in [1.165, 1.54) is 0 Å². The van der Waals surface area contributed by atoms with Crippen LogP contribution in [-0.2, 0) is 4.79 Å². The number of anilines is 2. The monoisotopic (exact) mass is 337 g/mol. The molecule has 2 heterocycles. The molecular formula is C19H19N3O3. The van der Waals surface area contributed by atoms with Gasteiger partial charge in [-0.2, -0.15) is 0 Å². The molecule has 6 heteroatoms. The second kappa shape index (κ2) is 6.12. The lowest BCUT2D eigenvalue weighted by atomic mass is 10.1. The molecule has 6 nitrogen and oxygen atoms in total. The molecule has 1 N–H and O–H groups in total. The Morgan fingerprint density at radius 1 is 1.12 bits per heavy atom. The molecule has 0 unspecified atom stereocenters. The van der Waals surface area contributed by atoms with E-state index in [1.54, 1.807) is 16.8 Å². The number of benzene rings is 2. The Labute approximate surface area is 146 Å². The van der Waals surface area contributed by atoms with Crippen LogP contribution in [0.5, 0.6) is 5.75 Å². The molecule has 128 valence electrons. The number of likely N-dealkylation sites (N-methyl/N-ethyl adjacent to an activating group) is 1. The van der Waals surface area contributed by atoms with Crippen LogP contribution in [0.2, 0.25) is 0 Å². The maximum atomic E-state index is 12.9. The first-order chi connectivity index (χ1) is 12.1. The zero-order valence-electron chi connectivity index (χ0n) is 13.9. The van der Waals surface area contributed by atoms with Crippen molar-refractivity contribution in [1.82, 2.24) is 4.90 Å². The number of carbonyl (C=O) groups is 2. The number of nitrogens with zero attached hydrogens (tertiary/aromatic N) is 2. The predicted octanol–water partition coefficient (Wildman–Crippen LogP) is 2.72. The largest absolute Gasteiger partial charge is 0.486 e. The summed E-state index contributed by atoms with van der Waals surface area (Å²) < 4.78 is 6.06. The van der Waals surface area contributed by atoms with Crippen LogP contribution in [0, 0.1) is 0 Å². The van der Waals surface area contributed by atoms with Crippen molar-refractivity contribution in [3.05, 3.63) is 54.6 Å². The second-order valence-electron chi connectivity index (χ2n) is 6.30. The van der Waals surface area contributed by atoms with Gasteiger partial charge in [-0.25, -0.2) is 4.79 Å². The fourth-order valence-corrected chi connectivity index (χ4v) is 3.41. The molecule has 1 saturated heterocycles. The average molecular weight is 337 g/mol. The van der Waals surface area contributed by atoms with Gasteiger partial charge in [0.25, 0.3) is 0 Å². The molecule has 4 rings (SSSR count). The maximum absolute atomic E-state index is 12.9. The van der Waals surface area contributed by atoms with Gasteiger partial charge in [-0.15, -0.1) is 0 Å². The summed E-state index contributed by atoms with van der Waals surface area (Å²) in [5.74, 6) is 0.577. The minimum atomic E-state index is -0.521.